The number of piperidine rings is 1. The monoisotopic (exact) mass is 393 g/mol. The zero-order valence-electron chi connectivity index (χ0n) is 17.8. The summed E-state index contributed by atoms with van der Waals surface area (Å²) in [4.78, 5) is 28.8. The number of rotatable bonds is 8. The first-order chi connectivity index (χ1) is 13.5. The molecular weight excluding hydrogens is 354 g/mol. The van der Waals surface area contributed by atoms with E-state index in [0.717, 1.165) is 77.2 Å². The van der Waals surface area contributed by atoms with Gasteiger partial charge in [-0.3, -0.25) is 4.79 Å². The Bertz CT molecular complexity index is 511. The predicted molar refractivity (Wildman–Crippen MR) is 110 cm³/mol. The molecule has 1 saturated carbocycles. The fourth-order valence-electron chi connectivity index (χ4n) is 5.05. The van der Waals surface area contributed by atoms with Crippen molar-refractivity contribution in [3.63, 3.8) is 0 Å². The van der Waals surface area contributed by atoms with Crippen LogP contribution in [0.3, 0.4) is 0 Å². The van der Waals surface area contributed by atoms with Gasteiger partial charge in [0.15, 0.2) is 0 Å². The maximum atomic E-state index is 12.9. The smallest absolute Gasteiger partial charge is 0.320 e. The van der Waals surface area contributed by atoms with E-state index < -0.39 is 0 Å². The lowest BCUT2D eigenvalue weighted by atomic mass is 9.83. The van der Waals surface area contributed by atoms with E-state index in [1.54, 1.807) is 0 Å². The van der Waals surface area contributed by atoms with Crippen LogP contribution in [0.1, 0.15) is 71.6 Å². The highest BCUT2D eigenvalue weighted by atomic mass is 16.5. The predicted octanol–water partition coefficient (Wildman–Crippen LogP) is 3.40. The fraction of sp³-hybridized carbons (Fsp3) is 0.909. The Labute approximate surface area is 170 Å². The van der Waals surface area contributed by atoms with Crippen LogP contribution in [0.15, 0.2) is 0 Å². The molecular formula is C22H39N3O3. The van der Waals surface area contributed by atoms with Crippen molar-refractivity contribution in [2.45, 2.75) is 83.8 Å². The number of ether oxygens (including phenoxy) is 1. The number of esters is 1. The van der Waals surface area contributed by atoms with Crippen molar-refractivity contribution in [1.29, 1.82) is 0 Å². The zero-order chi connectivity index (χ0) is 19.9. The number of nitrogens with one attached hydrogen (secondary N) is 1. The summed E-state index contributed by atoms with van der Waals surface area (Å²) in [5, 5.41) is 3.41. The molecule has 28 heavy (non-hydrogen) atoms. The summed E-state index contributed by atoms with van der Waals surface area (Å²) in [5.74, 6) is 1.31. The quantitative estimate of drug-likeness (QED) is 0.642. The summed E-state index contributed by atoms with van der Waals surface area (Å²) in [5.41, 5.74) is 0. The van der Waals surface area contributed by atoms with E-state index in [-0.39, 0.29) is 18.1 Å². The topological polar surface area (TPSA) is 61.9 Å². The van der Waals surface area contributed by atoms with Gasteiger partial charge in [0.1, 0.15) is 0 Å². The molecule has 0 aromatic carbocycles. The molecule has 3 rings (SSSR count). The fourth-order valence-corrected chi connectivity index (χ4v) is 5.05. The standard InChI is InChI=1S/C22H39N3O3/c1-17(2)28-21(26)8-5-18-3-6-20(7-4-18)25-16-15-24(22(25)27)14-11-19-9-12-23-13-10-19/h17-20,23H,3-16H2,1-2H3/t18-,20-. The second kappa shape index (κ2) is 10.5. The summed E-state index contributed by atoms with van der Waals surface area (Å²) >= 11 is 0. The first-order valence-electron chi connectivity index (χ1n) is 11.5. The summed E-state index contributed by atoms with van der Waals surface area (Å²) in [6.07, 6.45) is 9.49. The van der Waals surface area contributed by atoms with E-state index in [1.807, 2.05) is 13.8 Å². The van der Waals surface area contributed by atoms with Crippen molar-refractivity contribution in [2.75, 3.05) is 32.7 Å². The van der Waals surface area contributed by atoms with Crippen molar-refractivity contribution >= 4 is 12.0 Å². The van der Waals surface area contributed by atoms with E-state index in [0.29, 0.717) is 18.4 Å². The van der Waals surface area contributed by atoms with Crippen molar-refractivity contribution in [3.8, 4) is 0 Å². The van der Waals surface area contributed by atoms with Crippen LogP contribution in [0.2, 0.25) is 0 Å². The van der Waals surface area contributed by atoms with Gasteiger partial charge in [0.25, 0.3) is 0 Å². The molecule has 0 spiro atoms. The van der Waals surface area contributed by atoms with Crippen molar-refractivity contribution in [2.24, 2.45) is 11.8 Å². The third-order valence-corrected chi connectivity index (χ3v) is 6.77. The first kappa shape index (κ1) is 21.4. The summed E-state index contributed by atoms with van der Waals surface area (Å²) < 4.78 is 5.24. The van der Waals surface area contributed by atoms with Gasteiger partial charge in [-0.15, -0.1) is 0 Å². The number of carbonyl (C=O) groups is 2. The third kappa shape index (κ3) is 6.10. The van der Waals surface area contributed by atoms with Crippen LogP contribution >= 0.6 is 0 Å². The van der Waals surface area contributed by atoms with Crippen LogP contribution in [-0.2, 0) is 9.53 Å². The average molecular weight is 394 g/mol. The molecule has 160 valence electrons. The zero-order valence-corrected chi connectivity index (χ0v) is 17.8. The Balaban J connectivity index is 1.35. The third-order valence-electron chi connectivity index (χ3n) is 6.77. The lowest BCUT2D eigenvalue weighted by molar-refractivity contribution is -0.147. The molecule has 0 bridgehead atoms. The molecule has 3 fully saturated rings. The number of hydrogen-bond donors (Lipinski definition) is 1. The number of amides is 2. The molecule has 1 N–H and O–H groups in total. The molecule has 0 aromatic heterocycles. The second-order valence-corrected chi connectivity index (χ2v) is 9.20. The lowest BCUT2D eigenvalue weighted by Crippen LogP contribution is -2.41. The van der Waals surface area contributed by atoms with E-state index >= 15 is 0 Å². The maximum absolute atomic E-state index is 12.9. The van der Waals surface area contributed by atoms with Gasteiger partial charge in [-0.2, -0.15) is 0 Å². The van der Waals surface area contributed by atoms with Gasteiger partial charge in [-0.1, -0.05) is 0 Å². The van der Waals surface area contributed by atoms with Crippen LogP contribution in [0.4, 0.5) is 4.79 Å². The van der Waals surface area contributed by atoms with Gasteiger partial charge in [0.05, 0.1) is 6.10 Å². The molecule has 2 amide bonds. The van der Waals surface area contributed by atoms with Crippen LogP contribution in [0.5, 0.6) is 0 Å². The summed E-state index contributed by atoms with van der Waals surface area (Å²) in [6, 6.07) is 0.660. The number of urea groups is 1. The van der Waals surface area contributed by atoms with Gasteiger partial charge in [-0.25, -0.2) is 4.79 Å². The molecule has 0 radical (unpaired) electrons. The lowest BCUT2D eigenvalue weighted by Gasteiger charge is -2.34. The number of carbonyl (C=O) groups excluding carboxylic acids is 2. The Hall–Kier alpha value is -1.30. The van der Waals surface area contributed by atoms with Crippen molar-refractivity contribution in [1.82, 2.24) is 15.1 Å². The molecule has 1 aliphatic carbocycles. The Morgan fingerprint density at radius 2 is 1.71 bits per heavy atom. The average Bonchev–Trinajstić information content (AvgIpc) is 3.06. The maximum Gasteiger partial charge on any atom is 0.320 e. The SMILES string of the molecule is CC(C)OC(=O)CC[C@H]1CC[C@H](N2CCN(CCC3CCNCC3)C2=O)CC1. The van der Waals surface area contributed by atoms with Gasteiger partial charge in [0.2, 0.25) is 0 Å². The molecule has 2 aliphatic heterocycles. The van der Waals surface area contributed by atoms with Gasteiger partial charge in [-0.05, 0) is 90.1 Å². The van der Waals surface area contributed by atoms with Crippen LogP contribution in [-0.4, -0.2) is 66.7 Å². The normalized spacial score (nSPS) is 26.9. The minimum Gasteiger partial charge on any atom is -0.463 e. The Kier molecular flexibility index (Phi) is 8.00. The number of hydrogen-bond acceptors (Lipinski definition) is 4. The number of nitrogens with zero attached hydrogens (tertiary/aromatic N) is 2. The highest BCUT2D eigenvalue weighted by Crippen LogP contribution is 2.32. The molecule has 6 nitrogen and oxygen atoms in total. The highest BCUT2D eigenvalue weighted by molar-refractivity contribution is 5.76. The van der Waals surface area contributed by atoms with E-state index in [4.69, 9.17) is 4.74 Å². The minimum absolute atomic E-state index is 0.0258. The minimum atomic E-state index is -0.0729. The summed E-state index contributed by atoms with van der Waals surface area (Å²) in [6.45, 7) is 8.75. The van der Waals surface area contributed by atoms with E-state index in [1.165, 1.54) is 12.8 Å². The second-order valence-electron chi connectivity index (χ2n) is 9.20. The summed E-state index contributed by atoms with van der Waals surface area (Å²) in [7, 11) is 0. The molecule has 0 aromatic rings. The van der Waals surface area contributed by atoms with Crippen molar-refractivity contribution < 1.29 is 14.3 Å². The van der Waals surface area contributed by atoms with Crippen LogP contribution in [0, 0.1) is 11.8 Å². The van der Waals surface area contributed by atoms with Crippen molar-refractivity contribution in [3.05, 3.63) is 0 Å². The molecule has 0 unspecified atom stereocenters. The molecule has 2 saturated heterocycles. The van der Waals surface area contributed by atoms with Crippen LogP contribution < -0.4 is 5.32 Å². The molecule has 6 heteroatoms. The largest absolute Gasteiger partial charge is 0.463 e. The molecule has 3 aliphatic rings. The van der Waals surface area contributed by atoms with Gasteiger partial charge < -0.3 is 19.9 Å². The Morgan fingerprint density at radius 1 is 1.04 bits per heavy atom. The van der Waals surface area contributed by atoms with Gasteiger partial charge in [0, 0.05) is 32.1 Å². The molecule has 2 heterocycles. The Morgan fingerprint density at radius 3 is 2.39 bits per heavy atom. The first-order valence-corrected chi connectivity index (χ1v) is 11.5. The van der Waals surface area contributed by atoms with Gasteiger partial charge >= 0.3 is 12.0 Å². The van der Waals surface area contributed by atoms with E-state index in [2.05, 4.69) is 15.1 Å². The highest BCUT2D eigenvalue weighted by Gasteiger charge is 2.35. The van der Waals surface area contributed by atoms with E-state index in [9.17, 15) is 9.59 Å². The van der Waals surface area contributed by atoms with Crippen LogP contribution in [0.25, 0.3) is 0 Å². The molecule has 0 atom stereocenters.